The molecular weight excluding hydrogens is 316 g/mol. The van der Waals surface area contributed by atoms with Gasteiger partial charge in [0.2, 0.25) is 9.84 Å². The number of aryl methyl sites for hydroxylation is 1. The first-order valence-corrected chi connectivity index (χ1v) is 8.79. The molecule has 0 saturated heterocycles. The quantitative estimate of drug-likeness (QED) is 0.873. The summed E-state index contributed by atoms with van der Waals surface area (Å²) in [6.45, 7) is 2.71. The molecule has 2 aromatic rings. The highest BCUT2D eigenvalue weighted by molar-refractivity contribution is 7.91. The second kappa shape index (κ2) is 6.53. The Balaban J connectivity index is 2.07. The Bertz CT molecular complexity index is 694. The number of benzene rings is 1. The monoisotopic (exact) mass is 331 g/mol. The summed E-state index contributed by atoms with van der Waals surface area (Å²) in [7, 11) is -4.52. The van der Waals surface area contributed by atoms with Gasteiger partial charge in [0.1, 0.15) is 0 Å². The largest absolute Gasteiger partial charge is 0.380 e. The van der Waals surface area contributed by atoms with Crippen molar-refractivity contribution < 1.29 is 17.2 Å². The third-order valence-corrected chi connectivity index (χ3v) is 5.45. The SMILES string of the molecule is CCc1ccsc1CNc1ccc(S(=O)(=O)C(F)F)cc1. The van der Waals surface area contributed by atoms with Crippen LogP contribution in [-0.2, 0) is 22.8 Å². The number of nitrogens with one attached hydrogen (secondary N) is 1. The normalized spacial score (nSPS) is 11.8. The van der Waals surface area contributed by atoms with E-state index in [4.69, 9.17) is 0 Å². The topological polar surface area (TPSA) is 46.2 Å². The van der Waals surface area contributed by atoms with Gasteiger partial charge in [-0.1, -0.05) is 6.92 Å². The maximum absolute atomic E-state index is 12.4. The Morgan fingerprint density at radius 3 is 2.43 bits per heavy atom. The van der Waals surface area contributed by atoms with E-state index in [1.54, 1.807) is 11.3 Å². The molecule has 114 valence electrons. The molecule has 2 rings (SSSR count). The van der Waals surface area contributed by atoms with Crippen LogP contribution < -0.4 is 5.32 Å². The first-order valence-electron chi connectivity index (χ1n) is 6.36. The molecule has 7 heteroatoms. The number of sulfone groups is 1. The van der Waals surface area contributed by atoms with Gasteiger partial charge in [-0.25, -0.2) is 8.42 Å². The number of rotatable bonds is 6. The van der Waals surface area contributed by atoms with E-state index >= 15 is 0 Å². The van der Waals surface area contributed by atoms with Gasteiger partial charge in [0.15, 0.2) is 0 Å². The number of alkyl halides is 2. The lowest BCUT2D eigenvalue weighted by atomic mass is 10.2. The number of hydrogen-bond donors (Lipinski definition) is 1. The number of halogens is 2. The number of anilines is 1. The highest BCUT2D eigenvalue weighted by Gasteiger charge is 2.26. The molecule has 0 spiro atoms. The molecule has 1 N–H and O–H groups in total. The zero-order valence-electron chi connectivity index (χ0n) is 11.3. The van der Waals surface area contributed by atoms with E-state index in [-0.39, 0.29) is 4.90 Å². The summed E-state index contributed by atoms with van der Waals surface area (Å²) in [6.07, 6.45) is 0.950. The summed E-state index contributed by atoms with van der Waals surface area (Å²) in [6, 6.07) is 7.45. The Hall–Kier alpha value is -1.47. The Labute approximate surface area is 126 Å². The van der Waals surface area contributed by atoms with Crippen LogP contribution in [0.15, 0.2) is 40.6 Å². The van der Waals surface area contributed by atoms with Crippen LogP contribution in [0.1, 0.15) is 17.4 Å². The zero-order chi connectivity index (χ0) is 15.5. The lowest BCUT2D eigenvalue weighted by Gasteiger charge is -2.08. The van der Waals surface area contributed by atoms with Crippen LogP contribution in [0.2, 0.25) is 0 Å². The van der Waals surface area contributed by atoms with Gasteiger partial charge in [-0.3, -0.25) is 0 Å². The number of thiophene rings is 1. The summed E-state index contributed by atoms with van der Waals surface area (Å²) in [5, 5.41) is 5.18. The fourth-order valence-corrected chi connectivity index (χ4v) is 3.52. The van der Waals surface area contributed by atoms with Crippen molar-refractivity contribution in [3.05, 3.63) is 46.2 Å². The van der Waals surface area contributed by atoms with Crippen molar-refractivity contribution in [3.63, 3.8) is 0 Å². The Kier molecular flexibility index (Phi) is 4.95. The van der Waals surface area contributed by atoms with E-state index < -0.39 is 15.6 Å². The van der Waals surface area contributed by atoms with Crippen LogP contribution >= 0.6 is 11.3 Å². The second-order valence-electron chi connectivity index (χ2n) is 4.41. The van der Waals surface area contributed by atoms with Gasteiger partial charge in [-0.15, -0.1) is 11.3 Å². The molecule has 0 atom stereocenters. The highest BCUT2D eigenvalue weighted by Crippen LogP contribution is 2.22. The fourth-order valence-electron chi connectivity index (χ4n) is 1.88. The van der Waals surface area contributed by atoms with Crippen molar-refractivity contribution in [2.75, 3.05) is 5.32 Å². The molecule has 3 nitrogen and oxygen atoms in total. The van der Waals surface area contributed by atoms with Gasteiger partial charge in [0, 0.05) is 17.1 Å². The van der Waals surface area contributed by atoms with E-state index in [1.165, 1.54) is 34.7 Å². The fraction of sp³-hybridized carbons (Fsp3) is 0.286. The van der Waals surface area contributed by atoms with Crippen LogP contribution in [0.25, 0.3) is 0 Å². The first kappa shape index (κ1) is 15.9. The van der Waals surface area contributed by atoms with Crippen molar-refractivity contribution >= 4 is 26.9 Å². The zero-order valence-corrected chi connectivity index (χ0v) is 13.0. The molecule has 1 heterocycles. The molecule has 0 fully saturated rings. The maximum atomic E-state index is 12.4. The predicted molar refractivity (Wildman–Crippen MR) is 80.7 cm³/mol. The minimum absolute atomic E-state index is 0.367. The third-order valence-electron chi connectivity index (χ3n) is 3.09. The lowest BCUT2D eigenvalue weighted by molar-refractivity contribution is 0.234. The molecule has 0 aliphatic heterocycles. The van der Waals surface area contributed by atoms with Gasteiger partial charge in [0.05, 0.1) is 4.90 Å². The minimum Gasteiger partial charge on any atom is -0.380 e. The van der Waals surface area contributed by atoms with Gasteiger partial charge >= 0.3 is 5.76 Å². The highest BCUT2D eigenvalue weighted by atomic mass is 32.2. The molecule has 1 aromatic carbocycles. The molecule has 0 saturated carbocycles. The van der Waals surface area contributed by atoms with E-state index in [1.807, 2.05) is 5.38 Å². The standard InChI is InChI=1S/C14H15F2NO2S2/c1-2-10-7-8-20-13(10)9-17-11-3-5-12(6-4-11)21(18,19)14(15)16/h3-8,14,17H,2,9H2,1H3. The van der Waals surface area contributed by atoms with Crippen molar-refractivity contribution in [1.82, 2.24) is 0 Å². The van der Waals surface area contributed by atoms with Crippen molar-refractivity contribution in [3.8, 4) is 0 Å². The number of hydrogen-bond acceptors (Lipinski definition) is 4. The van der Waals surface area contributed by atoms with Crippen molar-refractivity contribution in [2.45, 2.75) is 30.5 Å². The lowest BCUT2D eigenvalue weighted by Crippen LogP contribution is -2.11. The third kappa shape index (κ3) is 3.59. The van der Waals surface area contributed by atoms with Crippen LogP contribution in [0, 0.1) is 0 Å². The Morgan fingerprint density at radius 1 is 1.19 bits per heavy atom. The van der Waals surface area contributed by atoms with Crippen LogP contribution in [-0.4, -0.2) is 14.2 Å². The minimum atomic E-state index is -4.52. The van der Waals surface area contributed by atoms with Crippen LogP contribution in [0.3, 0.4) is 0 Å². The summed E-state index contributed by atoms with van der Waals surface area (Å²) in [5.74, 6) is -3.39. The van der Waals surface area contributed by atoms with Crippen molar-refractivity contribution in [2.24, 2.45) is 0 Å². The van der Waals surface area contributed by atoms with Gasteiger partial charge in [-0.2, -0.15) is 8.78 Å². The molecule has 1 aromatic heterocycles. The average molecular weight is 331 g/mol. The summed E-state index contributed by atoms with van der Waals surface area (Å²) in [4.78, 5) is 0.843. The first-order chi connectivity index (χ1) is 9.95. The van der Waals surface area contributed by atoms with E-state index in [0.29, 0.717) is 12.2 Å². The van der Waals surface area contributed by atoms with Crippen molar-refractivity contribution in [1.29, 1.82) is 0 Å². The molecule has 21 heavy (non-hydrogen) atoms. The maximum Gasteiger partial charge on any atom is 0.341 e. The molecule has 0 aliphatic carbocycles. The molecule has 0 aliphatic rings. The smallest absolute Gasteiger partial charge is 0.341 e. The molecule has 0 bridgehead atoms. The molecule has 0 amide bonds. The van der Waals surface area contributed by atoms with Crippen LogP contribution in [0.4, 0.5) is 14.5 Å². The summed E-state index contributed by atoms with van der Waals surface area (Å²) < 4.78 is 47.4. The van der Waals surface area contributed by atoms with E-state index in [2.05, 4.69) is 18.3 Å². The van der Waals surface area contributed by atoms with Gasteiger partial charge in [0.25, 0.3) is 0 Å². The second-order valence-corrected chi connectivity index (χ2v) is 7.32. The predicted octanol–water partition coefficient (Wildman–Crippen LogP) is 3.92. The summed E-state index contributed by atoms with van der Waals surface area (Å²) in [5.41, 5.74) is 1.96. The van der Waals surface area contributed by atoms with E-state index in [0.717, 1.165) is 6.42 Å². The Morgan fingerprint density at radius 2 is 1.86 bits per heavy atom. The van der Waals surface area contributed by atoms with E-state index in [9.17, 15) is 17.2 Å². The molecule has 0 unspecified atom stereocenters. The molecular formula is C14H15F2NO2S2. The van der Waals surface area contributed by atoms with Crippen LogP contribution in [0.5, 0.6) is 0 Å². The molecule has 0 radical (unpaired) electrons. The summed E-state index contributed by atoms with van der Waals surface area (Å²) >= 11 is 1.65. The average Bonchev–Trinajstić information content (AvgIpc) is 2.92. The van der Waals surface area contributed by atoms with Gasteiger partial charge in [-0.05, 0) is 47.7 Å². The van der Waals surface area contributed by atoms with Gasteiger partial charge < -0.3 is 5.32 Å².